The number of hydrogen-bond donors (Lipinski definition) is 3. The molecule has 0 aliphatic rings. The Hall–Kier alpha value is -2.24. The van der Waals surface area contributed by atoms with Gasteiger partial charge < -0.3 is 20.5 Å². The van der Waals surface area contributed by atoms with Crippen LogP contribution in [-0.4, -0.2) is 30.3 Å². The number of rotatable bonds is 7. The van der Waals surface area contributed by atoms with Crippen LogP contribution in [0.4, 0.5) is 10.5 Å². The molecule has 0 bridgehead atoms. The fourth-order valence-electron chi connectivity index (χ4n) is 1.49. The number of ether oxygens (including phenoxy) is 1. The number of benzene rings is 1. The summed E-state index contributed by atoms with van der Waals surface area (Å²) in [5.41, 5.74) is 0.438. The van der Waals surface area contributed by atoms with E-state index in [-0.39, 0.29) is 6.03 Å². The number of urea groups is 1. The Morgan fingerprint density at radius 2 is 1.90 bits per heavy atom. The standard InChI is InChI=1S/C15H22N2O4/c1-10(2)11(3)8-16-15(20)17-12-6-4-5-7-13(12)21-9-14(18)19/h4-7,10-11H,8-9H2,1-3H3,(H,18,19)(H2,16,17,20). The van der Waals surface area contributed by atoms with Crippen molar-refractivity contribution in [3.05, 3.63) is 24.3 Å². The number of carboxylic acid groups (broad SMARTS) is 1. The molecule has 6 heteroatoms. The zero-order valence-corrected chi connectivity index (χ0v) is 12.6. The molecule has 3 N–H and O–H groups in total. The van der Waals surface area contributed by atoms with Crippen LogP contribution in [0.1, 0.15) is 20.8 Å². The number of anilines is 1. The van der Waals surface area contributed by atoms with Crippen molar-refractivity contribution in [1.82, 2.24) is 5.32 Å². The molecule has 1 aromatic carbocycles. The zero-order chi connectivity index (χ0) is 15.8. The van der Waals surface area contributed by atoms with Crippen LogP contribution in [-0.2, 0) is 4.79 Å². The van der Waals surface area contributed by atoms with Gasteiger partial charge in [0.2, 0.25) is 0 Å². The topological polar surface area (TPSA) is 87.7 Å². The Morgan fingerprint density at radius 1 is 1.24 bits per heavy atom. The second-order valence-electron chi connectivity index (χ2n) is 5.23. The van der Waals surface area contributed by atoms with E-state index in [2.05, 4.69) is 31.4 Å². The van der Waals surface area contributed by atoms with Crippen molar-refractivity contribution in [2.24, 2.45) is 11.8 Å². The van der Waals surface area contributed by atoms with E-state index in [4.69, 9.17) is 9.84 Å². The number of carbonyl (C=O) groups is 2. The Kier molecular flexibility index (Phi) is 6.52. The minimum atomic E-state index is -1.07. The molecule has 0 saturated carbocycles. The predicted octanol–water partition coefficient (Wildman–Crippen LogP) is 2.56. The maximum atomic E-state index is 11.8. The van der Waals surface area contributed by atoms with Gasteiger partial charge in [0, 0.05) is 6.54 Å². The molecule has 1 aromatic rings. The minimum Gasteiger partial charge on any atom is -0.480 e. The van der Waals surface area contributed by atoms with Gasteiger partial charge in [0.1, 0.15) is 5.75 Å². The first kappa shape index (κ1) is 16.8. The Morgan fingerprint density at radius 3 is 2.52 bits per heavy atom. The summed E-state index contributed by atoms with van der Waals surface area (Å²) >= 11 is 0. The summed E-state index contributed by atoms with van der Waals surface area (Å²) in [7, 11) is 0. The summed E-state index contributed by atoms with van der Waals surface area (Å²) in [4.78, 5) is 22.4. The normalized spacial score (nSPS) is 11.8. The van der Waals surface area contributed by atoms with E-state index in [1.54, 1.807) is 24.3 Å². The lowest BCUT2D eigenvalue weighted by molar-refractivity contribution is -0.139. The third-order valence-corrected chi connectivity index (χ3v) is 3.21. The van der Waals surface area contributed by atoms with E-state index in [9.17, 15) is 9.59 Å². The van der Waals surface area contributed by atoms with Crippen LogP contribution in [0.3, 0.4) is 0 Å². The van der Waals surface area contributed by atoms with Crippen LogP contribution in [0, 0.1) is 11.8 Å². The van der Waals surface area contributed by atoms with Crippen molar-refractivity contribution in [3.63, 3.8) is 0 Å². The third-order valence-electron chi connectivity index (χ3n) is 3.21. The van der Waals surface area contributed by atoms with Crippen molar-refractivity contribution in [2.45, 2.75) is 20.8 Å². The number of amides is 2. The largest absolute Gasteiger partial charge is 0.480 e. The van der Waals surface area contributed by atoms with Crippen molar-refractivity contribution < 1.29 is 19.4 Å². The van der Waals surface area contributed by atoms with Gasteiger partial charge in [-0.3, -0.25) is 0 Å². The molecule has 1 atom stereocenters. The van der Waals surface area contributed by atoms with E-state index in [0.29, 0.717) is 29.8 Å². The molecule has 6 nitrogen and oxygen atoms in total. The molecule has 1 unspecified atom stereocenters. The van der Waals surface area contributed by atoms with E-state index in [0.717, 1.165) is 0 Å². The molecule has 116 valence electrons. The van der Waals surface area contributed by atoms with E-state index < -0.39 is 12.6 Å². The zero-order valence-electron chi connectivity index (χ0n) is 12.6. The van der Waals surface area contributed by atoms with Gasteiger partial charge in [-0.15, -0.1) is 0 Å². The number of hydrogen-bond acceptors (Lipinski definition) is 3. The molecule has 0 aliphatic carbocycles. The third kappa shape index (κ3) is 6.16. The summed E-state index contributed by atoms with van der Waals surface area (Å²) in [6.07, 6.45) is 0. The molecule has 0 saturated heterocycles. The lowest BCUT2D eigenvalue weighted by Gasteiger charge is -2.17. The summed E-state index contributed by atoms with van der Waals surface area (Å²) in [5, 5.41) is 14.1. The van der Waals surface area contributed by atoms with Crippen LogP contribution in [0.2, 0.25) is 0 Å². The maximum Gasteiger partial charge on any atom is 0.341 e. The number of carboxylic acids is 1. The smallest absolute Gasteiger partial charge is 0.341 e. The summed E-state index contributed by atoms with van der Waals surface area (Å²) in [6, 6.07) is 6.37. The van der Waals surface area contributed by atoms with Crippen LogP contribution >= 0.6 is 0 Å². The molecule has 2 amide bonds. The SMILES string of the molecule is CC(C)C(C)CNC(=O)Nc1ccccc1OCC(=O)O. The van der Waals surface area contributed by atoms with Gasteiger partial charge in [-0.05, 0) is 24.0 Å². The fraction of sp³-hybridized carbons (Fsp3) is 0.467. The molecular weight excluding hydrogens is 272 g/mol. The fourth-order valence-corrected chi connectivity index (χ4v) is 1.49. The molecule has 0 heterocycles. The highest BCUT2D eigenvalue weighted by molar-refractivity contribution is 5.90. The number of para-hydroxylation sites is 2. The Labute approximate surface area is 124 Å². The molecule has 0 spiro atoms. The van der Waals surface area contributed by atoms with Gasteiger partial charge in [-0.25, -0.2) is 9.59 Å². The van der Waals surface area contributed by atoms with Crippen molar-refractivity contribution in [3.8, 4) is 5.75 Å². The van der Waals surface area contributed by atoms with Crippen LogP contribution in [0.25, 0.3) is 0 Å². The molecule has 21 heavy (non-hydrogen) atoms. The highest BCUT2D eigenvalue weighted by atomic mass is 16.5. The molecule has 0 radical (unpaired) electrons. The molecular formula is C15H22N2O4. The number of nitrogens with one attached hydrogen (secondary N) is 2. The van der Waals surface area contributed by atoms with Crippen LogP contribution < -0.4 is 15.4 Å². The molecule has 1 rings (SSSR count). The van der Waals surface area contributed by atoms with Crippen molar-refractivity contribution in [1.29, 1.82) is 0 Å². The van der Waals surface area contributed by atoms with E-state index >= 15 is 0 Å². The summed E-state index contributed by atoms with van der Waals surface area (Å²) in [5.74, 6) is 0.109. The Balaban J connectivity index is 2.57. The highest BCUT2D eigenvalue weighted by Crippen LogP contribution is 2.23. The molecule has 0 fully saturated rings. The number of carbonyl (C=O) groups excluding carboxylic acids is 1. The van der Waals surface area contributed by atoms with Crippen molar-refractivity contribution >= 4 is 17.7 Å². The second kappa shape index (κ2) is 8.14. The second-order valence-corrected chi connectivity index (χ2v) is 5.23. The predicted molar refractivity (Wildman–Crippen MR) is 80.6 cm³/mol. The first-order chi connectivity index (χ1) is 9.90. The van der Waals surface area contributed by atoms with Crippen LogP contribution in [0.5, 0.6) is 5.75 Å². The minimum absolute atomic E-state index is 0.326. The molecule has 0 aliphatic heterocycles. The van der Waals surface area contributed by atoms with Gasteiger partial charge in [0.05, 0.1) is 5.69 Å². The average Bonchev–Trinajstić information content (AvgIpc) is 2.43. The van der Waals surface area contributed by atoms with Crippen molar-refractivity contribution in [2.75, 3.05) is 18.5 Å². The highest BCUT2D eigenvalue weighted by Gasteiger charge is 2.11. The Bertz CT molecular complexity index is 488. The van der Waals surface area contributed by atoms with Gasteiger partial charge in [0.15, 0.2) is 6.61 Å². The van der Waals surface area contributed by atoms with Gasteiger partial charge in [0.25, 0.3) is 0 Å². The lowest BCUT2D eigenvalue weighted by Crippen LogP contribution is -2.33. The van der Waals surface area contributed by atoms with Crippen LogP contribution in [0.15, 0.2) is 24.3 Å². The monoisotopic (exact) mass is 294 g/mol. The maximum absolute atomic E-state index is 11.8. The quantitative estimate of drug-likeness (QED) is 0.721. The first-order valence-electron chi connectivity index (χ1n) is 6.88. The van der Waals surface area contributed by atoms with Gasteiger partial charge in [-0.2, -0.15) is 0 Å². The summed E-state index contributed by atoms with van der Waals surface area (Å²) in [6.45, 7) is 6.37. The van der Waals surface area contributed by atoms with Gasteiger partial charge in [-0.1, -0.05) is 32.9 Å². The average molecular weight is 294 g/mol. The molecule has 0 aromatic heterocycles. The lowest BCUT2D eigenvalue weighted by atomic mass is 9.98. The number of aliphatic carboxylic acids is 1. The first-order valence-corrected chi connectivity index (χ1v) is 6.88. The summed E-state index contributed by atoms with van der Waals surface area (Å²) < 4.78 is 5.12. The van der Waals surface area contributed by atoms with E-state index in [1.807, 2.05) is 0 Å². The van der Waals surface area contributed by atoms with E-state index in [1.165, 1.54) is 0 Å². The van der Waals surface area contributed by atoms with Gasteiger partial charge >= 0.3 is 12.0 Å².